The highest BCUT2D eigenvalue weighted by atomic mass is 14.3. The second-order valence-corrected chi connectivity index (χ2v) is 10.1. The Balaban J connectivity index is 1.36. The number of unbranched alkanes of at least 4 members (excludes halogenated alkanes) is 6. The van der Waals surface area contributed by atoms with E-state index in [2.05, 4.69) is 56.3 Å². The van der Waals surface area contributed by atoms with Crippen molar-refractivity contribution in [3.8, 4) is 0 Å². The molecule has 0 amide bonds. The van der Waals surface area contributed by atoms with Gasteiger partial charge in [-0.1, -0.05) is 121 Å². The van der Waals surface area contributed by atoms with Crippen molar-refractivity contribution in [2.45, 2.75) is 110 Å². The second-order valence-electron chi connectivity index (χ2n) is 10.1. The first kappa shape index (κ1) is 23.4. The lowest BCUT2D eigenvalue weighted by molar-refractivity contribution is 0.218. The van der Waals surface area contributed by atoms with E-state index >= 15 is 0 Å². The maximum absolute atomic E-state index is 2.54. The van der Waals surface area contributed by atoms with E-state index in [0.717, 1.165) is 17.8 Å². The molecule has 1 unspecified atom stereocenters. The van der Waals surface area contributed by atoms with Gasteiger partial charge in [0, 0.05) is 0 Å². The van der Waals surface area contributed by atoms with Gasteiger partial charge in [0.15, 0.2) is 0 Å². The Morgan fingerprint density at radius 1 is 0.767 bits per heavy atom. The van der Waals surface area contributed by atoms with Crippen molar-refractivity contribution >= 4 is 5.57 Å². The molecule has 1 atom stereocenters. The van der Waals surface area contributed by atoms with Crippen LogP contribution in [0.4, 0.5) is 0 Å². The number of hydrogen-bond donors (Lipinski definition) is 0. The molecule has 0 heterocycles. The normalized spacial score (nSPS) is 24.1. The zero-order valence-electron chi connectivity index (χ0n) is 19.9. The Morgan fingerprint density at radius 2 is 1.47 bits per heavy atom. The molecular formula is C30H46. The molecule has 166 valence electrons. The summed E-state index contributed by atoms with van der Waals surface area (Å²) in [6.45, 7) is 4.58. The van der Waals surface area contributed by atoms with Crippen molar-refractivity contribution < 1.29 is 0 Å². The van der Waals surface area contributed by atoms with E-state index in [0.29, 0.717) is 0 Å². The fourth-order valence-electron chi connectivity index (χ4n) is 5.56. The Kier molecular flexibility index (Phi) is 10.3. The largest absolute Gasteiger partial charge is 0.0802 e. The molecule has 2 aliphatic carbocycles. The van der Waals surface area contributed by atoms with Crippen LogP contribution in [0, 0.1) is 17.8 Å². The summed E-state index contributed by atoms with van der Waals surface area (Å²) >= 11 is 0. The van der Waals surface area contributed by atoms with Gasteiger partial charge < -0.3 is 0 Å². The average Bonchev–Trinajstić information content (AvgIpc) is 2.81. The molecule has 3 rings (SSSR count). The maximum Gasteiger partial charge on any atom is -0.0167 e. The smallest absolute Gasteiger partial charge is 0.0167 e. The first-order valence-corrected chi connectivity index (χ1v) is 13.3. The van der Waals surface area contributed by atoms with E-state index in [1.165, 1.54) is 113 Å². The van der Waals surface area contributed by atoms with Crippen LogP contribution in [0.25, 0.3) is 5.57 Å². The summed E-state index contributed by atoms with van der Waals surface area (Å²) in [6.07, 6.45) is 28.6. The lowest BCUT2D eigenvalue weighted by Crippen LogP contribution is -2.21. The lowest BCUT2D eigenvalue weighted by atomic mass is 9.72. The third kappa shape index (κ3) is 7.44. The molecular weight excluding hydrogens is 360 g/mol. The summed E-state index contributed by atoms with van der Waals surface area (Å²) in [5.41, 5.74) is 4.31. The number of aryl methyl sites for hydroxylation is 1. The van der Waals surface area contributed by atoms with Gasteiger partial charge in [0.25, 0.3) is 0 Å². The topological polar surface area (TPSA) is 0 Å². The summed E-state index contributed by atoms with van der Waals surface area (Å²) in [5.74, 6) is 2.74. The van der Waals surface area contributed by atoms with Crippen molar-refractivity contribution in [3.63, 3.8) is 0 Å². The minimum atomic E-state index is 0.785. The molecule has 0 aliphatic heterocycles. The molecule has 1 fully saturated rings. The van der Waals surface area contributed by atoms with E-state index in [1.807, 2.05) is 0 Å². The van der Waals surface area contributed by atoms with Gasteiger partial charge in [0.2, 0.25) is 0 Å². The number of hydrogen-bond acceptors (Lipinski definition) is 0. The van der Waals surface area contributed by atoms with Crippen LogP contribution in [-0.2, 0) is 6.42 Å². The van der Waals surface area contributed by atoms with Gasteiger partial charge in [-0.25, -0.2) is 0 Å². The number of rotatable bonds is 12. The predicted octanol–water partition coefficient (Wildman–Crippen LogP) is 9.55. The lowest BCUT2D eigenvalue weighted by Gasteiger charge is -2.33. The highest BCUT2D eigenvalue weighted by Crippen LogP contribution is 2.39. The van der Waals surface area contributed by atoms with Gasteiger partial charge >= 0.3 is 0 Å². The SMILES string of the molecule is CCCCCCCC[C@H]1CC[C@H](C2C=CC(c3ccc(CCCC)cc3)=CC2)CC1. The minimum Gasteiger partial charge on any atom is -0.0802 e. The summed E-state index contributed by atoms with van der Waals surface area (Å²) in [4.78, 5) is 0. The highest BCUT2D eigenvalue weighted by Gasteiger charge is 2.26. The van der Waals surface area contributed by atoms with Crippen LogP contribution in [0.15, 0.2) is 42.5 Å². The van der Waals surface area contributed by atoms with Crippen molar-refractivity contribution in [2.75, 3.05) is 0 Å². The second kappa shape index (κ2) is 13.2. The molecule has 1 saturated carbocycles. The molecule has 0 nitrogen and oxygen atoms in total. The molecule has 2 aliphatic rings. The molecule has 1 aromatic rings. The summed E-state index contributed by atoms with van der Waals surface area (Å²) in [6, 6.07) is 9.32. The van der Waals surface area contributed by atoms with Gasteiger partial charge in [0.1, 0.15) is 0 Å². The molecule has 0 spiro atoms. The third-order valence-electron chi connectivity index (χ3n) is 7.70. The average molecular weight is 407 g/mol. The van der Waals surface area contributed by atoms with E-state index in [-0.39, 0.29) is 0 Å². The monoisotopic (exact) mass is 406 g/mol. The highest BCUT2D eigenvalue weighted by molar-refractivity contribution is 5.75. The van der Waals surface area contributed by atoms with E-state index in [1.54, 1.807) is 0 Å². The van der Waals surface area contributed by atoms with Crippen LogP contribution < -0.4 is 0 Å². The number of allylic oxidation sites excluding steroid dienone is 4. The van der Waals surface area contributed by atoms with Crippen molar-refractivity contribution in [1.82, 2.24) is 0 Å². The zero-order valence-corrected chi connectivity index (χ0v) is 19.9. The third-order valence-corrected chi connectivity index (χ3v) is 7.70. The summed E-state index contributed by atoms with van der Waals surface area (Å²) in [7, 11) is 0. The Bertz CT molecular complexity index is 639. The molecule has 0 saturated heterocycles. The fourth-order valence-corrected chi connectivity index (χ4v) is 5.56. The van der Waals surface area contributed by atoms with Crippen LogP contribution in [0.5, 0.6) is 0 Å². The zero-order chi connectivity index (χ0) is 21.0. The van der Waals surface area contributed by atoms with Crippen LogP contribution in [0.2, 0.25) is 0 Å². The Labute approximate surface area is 187 Å². The first-order valence-electron chi connectivity index (χ1n) is 13.3. The molecule has 0 heteroatoms. The van der Waals surface area contributed by atoms with Gasteiger partial charge in [-0.2, -0.15) is 0 Å². The van der Waals surface area contributed by atoms with Crippen LogP contribution in [0.3, 0.4) is 0 Å². The van der Waals surface area contributed by atoms with Crippen LogP contribution in [-0.4, -0.2) is 0 Å². The van der Waals surface area contributed by atoms with Crippen LogP contribution in [0.1, 0.15) is 115 Å². The molecule has 0 radical (unpaired) electrons. The molecule has 0 bridgehead atoms. The quantitative estimate of drug-likeness (QED) is 0.303. The van der Waals surface area contributed by atoms with E-state index < -0.39 is 0 Å². The number of benzene rings is 1. The van der Waals surface area contributed by atoms with Crippen molar-refractivity contribution in [1.29, 1.82) is 0 Å². The summed E-state index contributed by atoms with van der Waals surface area (Å²) < 4.78 is 0. The summed E-state index contributed by atoms with van der Waals surface area (Å²) in [5, 5.41) is 0. The first-order chi connectivity index (χ1) is 14.8. The van der Waals surface area contributed by atoms with Gasteiger partial charge in [-0.3, -0.25) is 0 Å². The molecule has 1 aromatic carbocycles. The molecule has 30 heavy (non-hydrogen) atoms. The van der Waals surface area contributed by atoms with E-state index in [9.17, 15) is 0 Å². The fraction of sp³-hybridized carbons (Fsp3) is 0.667. The predicted molar refractivity (Wildman–Crippen MR) is 134 cm³/mol. The Morgan fingerprint density at radius 3 is 2.13 bits per heavy atom. The molecule has 0 aromatic heterocycles. The van der Waals surface area contributed by atoms with Gasteiger partial charge in [-0.15, -0.1) is 0 Å². The van der Waals surface area contributed by atoms with E-state index in [4.69, 9.17) is 0 Å². The van der Waals surface area contributed by atoms with Gasteiger partial charge in [0.05, 0.1) is 0 Å². The maximum atomic E-state index is 2.54. The van der Waals surface area contributed by atoms with Crippen molar-refractivity contribution in [3.05, 3.63) is 53.6 Å². The van der Waals surface area contributed by atoms with Crippen molar-refractivity contribution in [2.24, 2.45) is 17.8 Å². The minimum absolute atomic E-state index is 0.785. The van der Waals surface area contributed by atoms with Crippen LogP contribution >= 0.6 is 0 Å². The molecule has 0 N–H and O–H groups in total. The standard InChI is InChI=1S/C30H46/c1-3-5-7-8-9-10-12-26-15-19-28(20-16-26)30-23-21-29(22-24-30)27-17-13-25(14-18-27)11-6-4-2/h13-14,17-18,21-23,26,28,30H,3-12,15-16,19-20,24H2,1-2H3/t26-,28-,30?. The van der Waals surface area contributed by atoms with Gasteiger partial charge in [-0.05, 0) is 66.6 Å². The Hall–Kier alpha value is -1.30.